The zero-order chi connectivity index (χ0) is 15.0. The first-order valence-electron chi connectivity index (χ1n) is 6.62. The van der Waals surface area contributed by atoms with E-state index in [4.69, 9.17) is 32.7 Å². The largest absolute Gasteiger partial charge is 0.449 e. The van der Waals surface area contributed by atoms with E-state index in [1.165, 1.54) is 0 Å². The number of hydrogen-bond donors (Lipinski definition) is 1. The lowest BCUT2D eigenvalue weighted by Crippen LogP contribution is -2.29. The molecular formula is C16H15Cl2NO2. The third kappa shape index (κ3) is 3.36. The molecule has 0 aliphatic carbocycles. The van der Waals surface area contributed by atoms with Crippen molar-refractivity contribution < 1.29 is 9.47 Å². The van der Waals surface area contributed by atoms with E-state index in [-0.39, 0.29) is 0 Å². The Balaban J connectivity index is 1.72. The maximum atomic E-state index is 5.99. The molecule has 5 heteroatoms. The number of hydrogen-bond acceptors (Lipinski definition) is 3. The lowest BCUT2D eigenvalue weighted by molar-refractivity contribution is -0.0431. The maximum Gasteiger partial charge on any atom is 0.246 e. The van der Waals surface area contributed by atoms with Crippen molar-refractivity contribution in [2.45, 2.75) is 26.2 Å². The highest BCUT2D eigenvalue weighted by molar-refractivity contribution is 6.34. The van der Waals surface area contributed by atoms with Gasteiger partial charge in [-0.15, -0.1) is 0 Å². The first-order chi connectivity index (χ1) is 9.91. The topological polar surface area (TPSA) is 30.5 Å². The molecule has 0 bridgehead atoms. The Bertz CT molecular complexity index is 666. The normalized spacial score (nSPS) is 15.0. The molecule has 21 heavy (non-hydrogen) atoms. The summed E-state index contributed by atoms with van der Waals surface area (Å²) in [6, 6.07) is 11.3. The number of nitrogens with one attached hydrogen (secondary N) is 1. The molecule has 0 aromatic heterocycles. The summed E-state index contributed by atoms with van der Waals surface area (Å²) in [5, 5.41) is 4.58. The van der Waals surface area contributed by atoms with Crippen LogP contribution in [0.4, 0.5) is 5.69 Å². The van der Waals surface area contributed by atoms with Crippen molar-refractivity contribution in [3.63, 3.8) is 0 Å². The smallest absolute Gasteiger partial charge is 0.246 e. The van der Waals surface area contributed by atoms with Crippen LogP contribution in [0.3, 0.4) is 0 Å². The molecule has 0 spiro atoms. The Kier molecular flexibility index (Phi) is 3.64. The molecule has 1 aliphatic heterocycles. The molecule has 3 rings (SSSR count). The highest BCUT2D eigenvalue weighted by atomic mass is 35.5. The minimum absolute atomic E-state index is 0.610. The van der Waals surface area contributed by atoms with Gasteiger partial charge in [0.1, 0.15) is 0 Å². The summed E-state index contributed by atoms with van der Waals surface area (Å²) in [5.74, 6) is 0.895. The molecule has 110 valence electrons. The number of halogens is 2. The van der Waals surface area contributed by atoms with E-state index >= 15 is 0 Å². The fraction of sp³-hybridized carbons (Fsp3) is 0.250. The van der Waals surface area contributed by atoms with Crippen LogP contribution in [-0.2, 0) is 6.54 Å². The molecule has 0 radical (unpaired) electrons. The third-order valence-corrected chi connectivity index (χ3v) is 3.51. The van der Waals surface area contributed by atoms with Crippen LogP contribution >= 0.6 is 23.2 Å². The quantitative estimate of drug-likeness (QED) is 0.851. The molecular weight excluding hydrogens is 309 g/mol. The Morgan fingerprint density at radius 3 is 2.33 bits per heavy atom. The van der Waals surface area contributed by atoms with Gasteiger partial charge in [0, 0.05) is 42.2 Å². The van der Waals surface area contributed by atoms with E-state index in [2.05, 4.69) is 5.32 Å². The fourth-order valence-electron chi connectivity index (χ4n) is 2.25. The van der Waals surface area contributed by atoms with Crippen LogP contribution in [0.25, 0.3) is 0 Å². The van der Waals surface area contributed by atoms with Crippen LogP contribution in [-0.4, -0.2) is 5.79 Å². The van der Waals surface area contributed by atoms with Crippen LogP contribution in [0.1, 0.15) is 19.4 Å². The first-order valence-corrected chi connectivity index (χ1v) is 7.38. The number of benzene rings is 2. The zero-order valence-electron chi connectivity index (χ0n) is 11.7. The standard InChI is InChI=1S/C16H15Cl2NO2/c1-16(2)20-14-4-3-13(8-15(14)21-16)19-9-10-5-11(17)7-12(18)6-10/h3-8,19H,9H2,1-2H3. The van der Waals surface area contributed by atoms with Crippen molar-refractivity contribution >= 4 is 28.9 Å². The molecule has 2 aromatic rings. The Hall–Kier alpha value is -1.58. The Morgan fingerprint density at radius 2 is 1.62 bits per heavy atom. The van der Waals surface area contributed by atoms with Crippen molar-refractivity contribution in [3.05, 3.63) is 52.0 Å². The molecule has 0 amide bonds. The summed E-state index contributed by atoms with van der Waals surface area (Å²) < 4.78 is 11.4. The second kappa shape index (κ2) is 5.32. The molecule has 1 heterocycles. The monoisotopic (exact) mass is 323 g/mol. The van der Waals surface area contributed by atoms with Crippen LogP contribution in [0, 0.1) is 0 Å². The number of ether oxygens (including phenoxy) is 2. The van der Waals surface area contributed by atoms with E-state index in [0.717, 1.165) is 22.7 Å². The second-order valence-corrected chi connectivity index (χ2v) is 6.27. The zero-order valence-corrected chi connectivity index (χ0v) is 13.3. The molecule has 1 N–H and O–H groups in total. The minimum Gasteiger partial charge on any atom is -0.449 e. The number of rotatable bonds is 3. The van der Waals surface area contributed by atoms with Gasteiger partial charge < -0.3 is 14.8 Å². The number of fused-ring (bicyclic) bond motifs is 1. The summed E-state index contributed by atoms with van der Waals surface area (Å²) in [6.07, 6.45) is 0. The van der Waals surface area contributed by atoms with Crippen LogP contribution in [0.15, 0.2) is 36.4 Å². The van der Waals surface area contributed by atoms with Crippen LogP contribution < -0.4 is 14.8 Å². The van der Waals surface area contributed by atoms with Gasteiger partial charge in [-0.05, 0) is 35.9 Å². The molecule has 1 aliphatic rings. The highest BCUT2D eigenvalue weighted by Crippen LogP contribution is 2.40. The van der Waals surface area contributed by atoms with E-state index in [1.807, 2.05) is 44.2 Å². The van der Waals surface area contributed by atoms with Gasteiger partial charge >= 0.3 is 0 Å². The van der Waals surface area contributed by atoms with E-state index < -0.39 is 5.79 Å². The van der Waals surface area contributed by atoms with Crippen molar-refractivity contribution in [3.8, 4) is 11.5 Å². The summed E-state index contributed by atoms with van der Waals surface area (Å²) in [7, 11) is 0. The van der Waals surface area contributed by atoms with E-state index in [9.17, 15) is 0 Å². The van der Waals surface area contributed by atoms with Crippen LogP contribution in [0.5, 0.6) is 11.5 Å². The SMILES string of the molecule is CC1(C)Oc2ccc(NCc3cc(Cl)cc(Cl)c3)cc2O1. The van der Waals surface area contributed by atoms with Crippen molar-refractivity contribution in [2.75, 3.05) is 5.32 Å². The summed E-state index contributed by atoms with van der Waals surface area (Å²) in [4.78, 5) is 0. The van der Waals surface area contributed by atoms with E-state index in [1.54, 1.807) is 6.07 Å². The highest BCUT2D eigenvalue weighted by Gasteiger charge is 2.31. The van der Waals surface area contributed by atoms with Crippen molar-refractivity contribution in [1.29, 1.82) is 0 Å². The van der Waals surface area contributed by atoms with Crippen molar-refractivity contribution in [1.82, 2.24) is 0 Å². The lowest BCUT2D eigenvalue weighted by atomic mass is 10.2. The van der Waals surface area contributed by atoms with Crippen LogP contribution in [0.2, 0.25) is 10.0 Å². The predicted molar refractivity (Wildman–Crippen MR) is 85.6 cm³/mol. The minimum atomic E-state index is -0.610. The predicted octanol–water partition coefficient (Wildman–Crippen LogP) is 5.11. The summed E-state index contributed by atoms with van der Waals surface area (Å²) in [5.41, 5.74) is 1.97. The molecule has 3 nitrogen and oxygen atoms in total. The van der Waals surface area contributed by atoms with Gasteiger partial charge in [-0.2, -0.15) is 0 Å². The van der Waals surface area contributed by atoms with E-state index in [0.29, 0.717) is 16.6 Å². The van der Waals surface area contributed by atoms with Gasteiger partial charge in [-0.3, -0.25) is 0 Å². The summed E-state index contributed by atoms with van der Waals surface area (Å²) >= 11 is 12.0. The Morgan fingerprint density at radius 1 is 0.952 bits per heavy atom. The fourth-order valence-corrected chi connectivity index (χ4v) is 2.82. The Labute approximate surface area is 133 Å². The average molecular weight is 324 g/mol. The molecule has 0 unspecified atom stereocenters. The first kappa shape index (κ1) is 14.4. The van der Waals surface area contributed by atoms with Crippen molar-refractivity contribution in [2.24, 2.45) is 0 Å². The molecule has 0 saturated carbocycles. The molecule has 0 saturated heterocycles. The molecule has 0 fully saturated rings. The maximum absolute atomic E-state index is 5.99. The average Bonchev–Trinajstić information content (AvgIpc) is 2.68. The molecule has 2 aromatic carbocycles. The third-order valence-electron chi connectivity index (χ3n) is 3.07. The van der Waals surface area contributed by atoms with Gasteiger partial charge in [0.15, 0.2) is 11.5 Å². The second-order valence-electron chi connectivity index (χ2n) is 5.40. The van der Waals surface area contributed by atoms with Gasteiger partial charge in [0.2, 0.25) is 5.79 Å². The number of anilines is 1. The lowest BCUT2D eigenvalue weighted by Gasteiger charge is -2.16. The van der Waals surface area contributed by atoms with Gasteiger partial charge in [-0.1, -0.05) is 23.2 Å². The summed E-state index contributed by atoms with van der Waals surface area (Å²) in [6.45, 7) is 4.39. The van der Waals surface area contributed by atoms with Gasteiger partial charge in [0.25, 0.3) is 0 Å². The molecule has 0 atom stereocenters. The van der Waals surface area contributed by atoms with Gasteiger partial charge in [0.05, 0.1) is 0 Å². The van der Waals surface area contributed by atoms with Gasteiger partial charge in [-0.25, -0.2) is 0 Å².